The molecular weight excluding hydrogens is 206 g/mol. The Hall–Kier alpha value is -0.870. The largest absolute Gasteiger partial charge is 0.463 e. The van der Waals surface area contributed by atoms with E-state index in [1.165, 1.54) is 0 Å². The van der Waals surface area contributed by atoms with Gasteiger partial charge >= 0.3 is 5.97 Å². The summed E-state index contributed by atoms with van der Waals surface area (Å²) in [5.74, 6) is -0.352. The predicted octanol–water partition coefficient (Wildman–Crippen LogP) is 1.10. The van der Waals surface area contributed by atoms with Gasteiger partial charge in [-0.1, -0.05) is 20.4 Å². The van der Waals surface area contributed by atoms with Gasteiger partial charge in [0.15, 0.2) is 0 Å². The van der Waals surface area contributed by atoms with Crippen molar-refractivity contribution >= 4 is 5.97 Å². The first-order valence-corrected chi connectivity index (χ1v) is 5.59. The van der Waals surface area contributed by atoms with Crippen LogP contribution in [0.2, 0.25) is 0 Å². The van der Waals surface area contributed by atoms with Crippen molar-refractivity contribution < 1.29 is 14.6 Å². The quantitative estimate of drug-likeness (QED) is 0.483. The molecule has 0 fully saturated rings. The molecule has 16 heavy (non-hydrogen) atoms. The number of hydrogen-bond donors (Lipinski definition) is 2. The van der Waals surface area contributed by atoms with E-state index in [1.807, 2.05) is 0 Å². The van der Waals surface area contributed by atoms with Gasteiger partial charge in [0.2, 0.25) is 0 Å². The molecule has 0 aliphatic rings. The lowest BCUT2D eigenvalue weighted by molar-refractivity contribution is -0.138. The smallest absolute Gasteiger partial charge is 0.334 e. The van der Waals surface area contributed by atoms with Gasteiger partial charge in [-0.3, -0.25) is 0 Å². The highest BCUT2D eigenvalue weighted by Gasteiger charge is 2.17. The fourth-order valence-corrected chi connectivity index (χ4v) is 1.25. The summed E-state index contributed by atoms with van der Waals surface area (Å²) in [6.45, 7) is 11.2. The molecule has 0 aromatic rings. The second-order valence-corrected chi connectivity index (χ2v) is 4.57. The Morgan fingerprint density at radius 2 is 2.12 bits per heavy atom. The first-order valence-electron chi connectivity index (χ1n) is 5.59. The van der Waals surface area contributed by atoms with Gasteiger partial charge < -0.3 is 15.2 Å². The first-order chi connectivity index (χ1) is 7.43. The van der Waals surface area contributed by atoms with Gasteiger partial charge in [-0.25, -0.2) is 4.79 Å². The summed E-state index contributed by atoms with van der Waals surface area (Å²) in [6.07, 6.45) is 0.728. The minimum atomic E-state index is -0.352. The van der Waals surface area contributed by atoms with E-state index < -0.39 is 0 Å². The second-order valence-electron chi connectivity index (χ2n) is 4.57. The zero-order valence-corrected chi connectivity index (χ0v) is 10.5. The fourth-order valence-electron chi connectivity index (χ4n) is 1.25. The highest BCUT2D eigenvalue weighted by molar-refractivity contribution is 5.88. The summed E-state index contributed by atoms with van der Waals surface area (Å²) < 4.78 is 4.82. The summed E-state index contributed by atoms with van der Waals surface area (Å²) >= 11 is 0. The molecule has 94 valence electrons. The molecule has 0 amide bonds. The van der Waals surface area contributed by atoms with Crippen LogP contribution in [-0.4, -0.2) is 37.4 Å². The number of aliphatic hydroxyl groups excluding tert-OH is 1. The molecule has 4 heteroatoms. The van der Waals surface area contributed by atoms with E-state index in [-0.39, 0.29) is 18.0 Å². The van der Waals surface area contributed by atoms with Crippen molar-refractivity contribution in [2.75, 3.05) is 26.3 Å². The molecule has 0 saturated heterocycles. The molecule has 4 nitrogen and oxygen atoms in total. The number of rotatable bonds is 8. The Kier molecular flexibility index (Phi) is 7.01. The number of nitrogens with one attached hydrogen (secondary N) is 1. The van der Waals surface area contributed by atoms with E-state index in [2.05, 4.69) is 25.7 Å². The summed E-state index contributed by atoms with van der Waals surface area (Å²) in [5.41, 5.74) is 0.450. The van der Waals surface area contributed by atoms with Gasteiger partial charge in [0.05, 0.1) is 6.61 Å². The molecule has 0 aliphatic heterocycles. The van der Waals surface area contributed by atoms with E-state index in [1.54, 1.807) is 6.92 Å². The standard InChI is InChI=1S/C12H23NO3/c1-5-16-11(15)10(2)8-13-9-12(3,4)6-7-14/h13-14H,2,5-9H2,1,3-4H3. The third-order valence-corrected chi connectivity index (χ3v) is 2.29. The maximum atomic E-state index is 11.2. The van der Waals surface area contributed by atoms with Crippen molar-refractivity contribution in [1.82, 2.24) is 5.32 Å². The van der Waals surface area contributed by atoms with Gasteiger partial charge in [0.25, 0.3) is 0 Å². The number of hydrogen-bond acceptors (Lipinski definition) is 4. The minimum absolute atomic E-state index is 0.0176. The Morgan fingerprint density at radius 3 is 2.62 bits per heavy atom. The molecule has 0 aromatic carbocycles. The van der Waals surface area contributed by atoms with E-state index in [9.17, 15) is 4.79 Å². The molecule has 0 aromatic heterocycles. The molecule has 0 atom stereocenters. The molecule has 0 rings (SSSR count). The predicted molar refractivity (Wildman–Crippen MR) is 64.1 cm³/mol. The van der Waals surface area contributed by atoms with Crippen LogP contribution in [0.15, 0.2) is 12.2 Å². The second kappa shape index (κ2) is 7.41. The van der Waals surface area contributed by atoms with Crippen molar-refractivity contribution in [3.63, 3.8) is 0 Å². The third kappa shape index (κ3) is 6.58. The highest BCUT2D eigenvalue weighted by atomic mass is 16.5. The summed E-state index contributed by atoms with van der Waals surface area (Å²) in [7, 11) is 0. The Morgan fingerprint density at radius 1 is 1.50 bits per heavy atom. The number of aliphatic hydroxyl groups is 1. The normalized spacial score (nSPS) is 11.2. The van der Waals surface area contributed by atoms with E-state index in [0.29, 0.717) is 18.7 Å². The highest BCUT2D eigenvalue weighted by Crippen LogP contribution is 2.17. The van der Waals surface area contributed by atoms with Crippen molar-refractivity contribution in [3.8, 4) is 0 Å². The molecule has 0 aliphatic carbocycles. The Balaban J connectivity index is 3.81. The van der Waals surface area contributed by atoms with Gasteiger partial charge in [-0.2, -0.15) is 0 Å². The van der Waals surface area contributed by atoms with Crippen LogP contribution in [0.4, 0.5) is 0 Å². The molecular formula is C12H23NO3. The molecule has 0 radical (unpaired) electrons. The van der Waals surface area contributed by atoms with E-state index in [4.69, 9.17) is 9.84 Å². The fraction of sp³-hybridized carbons (Fsp3) is 0.750. The zero-order chi connectivity index (χ0) is 12.6. The summed E-state index contributed by atoms with van der Waals surface area (Å²) in [5, 5.41) is 12.0. The average Bonchev–Trinajstić information content (AvgIpc) is 2.17. The lowest BCUT2D eigenvalue weighted by Crippen LogP contribution is -2.32. The van der Waals surface area contributed by atoms with Crippen LogP contribution in [0.1, 0.15) is 27.2 Å². The third-order valence-electron chi connectivity index (χ3n) is 2.29. The van der Waals surface area contributed by atoms with Crippen molar-refractivity contribution in [2.45, 2.75) is 27.2 Å². The van der Waals surface area contributed by atoms with Gasteiger partial charge in [0, 0.05) is 25.3 Å². The minimum Gasteiger partial charge on any atom is -0.463 e. The van der Waals surface area contributed by atoms with Crippen molar-refractivity contribution in [3.05, 3.63) is 12.2 Å². The lowest BCUT2D eigenvalue weighted by atomic mass is 9.90. The molecule has 2 N–H and O–H groups in total. The van der Waals surface area contributed by atoms with Crippen LogP contribution < -0.4 is 5.32 Å². The monoisotopic (exact) mass is 229 g/mol. The Bertz CT molecular complexity index is 236. The van der Waals surface area contributed by atoms with Crippen molar-refractivity contribution in [1.29, 1.82) is 0 Å². The van der Waals surface area contributed by atoms with Crippen LogP contribution in [0.5, 0.6) is 0 Å². The number of carbonyl (C=O) groups excluding carboxylic acids is 1. The van der Waals surface area contributed by atoms with Gasteiger partial charge in [-0.05, 0) is 18.8 Å². The number of ether oxygens (including phenoxy) is 1. The maximum absolute atomic E-state index is 11.2. The van der Waals surface area contributed by atoms with Crippen molar-refractivity contribution in [2.24, 2.45) is 5.41 Å². The molecule has 0 spiro atoms. The molecule has 0 unspecified atom stereocenters. The number of esters is 1. The summed E-state index contributed by atoms with van der Waals surface area (Å²) in [4.78, 5) is 11.2. The van der Waals surface area contributed by atoms with Crippen LogP contribution in [0.3, 0.4) is 0 Å². The lowest BCUT2D eigenvalue weighted by Gasteiger charge is -2.24. The van der Waals surface area contributed by atoms with E-state index >= 15 is 0 Å². The average molecular weight is 229 g/mol. The number of carbonyl (C=O) groups is 1. The van der Waals surface area contributed by atoms with Gasteiger partial charge in [0.1, 0.15) is 0 Å². The van der Waals surface area contributed by atoms with Crippen LogP contribution in [0, 0.1) is 5.41 Å². The first kappa shape index (κ1) is 15.1. The Labute approximate surface area is 97.7 Å². The molecule has 0 bridgehead atoms. The van der Waals surface area contributed by atoms with Gasteiger partial charge in [-0.15, -0.1) is 0 Å². The molecule has 0 heterocycles. The van der Waals surface area contributed by atoms with Crippen LogP contribution in [-0.2, 0) is 9.53 Å². The SMILES string of the molecule is C=C(CNCC(C)(C)CCO)C(=O)OCC. The van der Waals surface area contributed by atoms with Crippen LogP contribution in [0.25, 0.3) is 0 Å². The molecule has 0 saturated carbocycles. The summed E-state index contributed by atoms with van der Waals surface area (Å²) in [6, 6.07) is 0. The zero-order valence-electron chi connectivity index (χ0n) is 10.5. The van der Waals surface area contributed by atoms with E-state index in [0.717, 1.165) is 13.0 Å². The van der Waals surface area contributed by atoms with Crippen LogP contribution >= 0.6 is 0 Å². The topological polar surface area (TPSA) is 58.6 Å². The maximum Gasteiger partial charge on any atom is 0.334 e.